The molecule has 0 saturated carbocycles. The molecule has 0 spiro atoms. The Bertz CT molecular complexity index is 368. The van der Waals surface area contributed by atoms with Gasteiger partial charge >= 0.3 is 6.18 Å². The Morgan fingerprint density at radius 3 is 2.38 bits per heavy atom. The minimum Gasteiger partial charge on any atom is -0.495 e. The molecule has 0 radical (unpaired) electrons. The molecule has 1 N–H and O–H groups in total. The largest absolute Gasteiger partial charge is 0.495 e. The summed E-state index contributed by atoms with van der Waals surface area (Å²) in [5.74, 6) is -0.176. The van der Waals surface area contributed by atoms with Crippen LogP contribution in [0.1, 0.15) is 11.7 Å². The Morgan fingerprint density at radius 1 is 1.31 bits per heavy atom. The number of aliphatic hydroxyl groups is 1. The molecular weight excluding hydrogens is 227 g/mol. The fourth-order valence-corrected chi connectivity index (χ4v) is 1.11. The molecule has 0 amide bonds. The summed E-state index contributed by atoms with van der Waals surface area (Å²) < 4.78 is 46.3. The van der Waals surface area contributed by atoms with Crippen LogP contribution in [0.3, 0.4) is 0 Å². The molecule has 0 aliphatic rings. The summed E-state index contributed by atoms with van der Waals surface area (Å²) in [6.45, 7) is 0. The second-order valence-electron chi connectivity index (χ2n) is 2.91. The molecule has 1 atom stereocenters. The Hall–Kier alpha value is -1.50. The smallest absolute Gasteiger partial charge is 0.418 e. The van der Waals surface area contributed by atoms with Crippen LogP contribution in [0.2, 0.25) is 0 Å². The third-order valence-corrected chi connectivity index (χ3v) is 1.91. The predicted octanol–water partition coefficient (Wildman–Crippen LogP) is 1.69. The Balaban J connectivity index is 3.18. The van der Waals surface area contributed by atoms with Crippen molar-refractivity contribution in [2.45, 2.75) is 12.3 Å². The first-order chi connectivity index (χ1) is 7.40. The van der Waals surface area contributed by atoms with E-state index in [-0.39, 0.29) is 11.6 Å². The molecule has 0 aliphatic heterocycles. The number of halogens is 3. The van der Waals surface area contributed by atoms with Crippen molar-refractivity contribution < 1.29 is 27.8 Å². The highest BCUT2D eigenvalue weighted by Gasteiger charge is 2.41. The number of hydrogen-bond donors (Lipinski definition) is 1. The third-order valence-electron chi connectivity index (χ3n) is 1.91. The van der Waals surface area contributed by atoms with Crippen LogP contribution in [-0.2, 0) is 0 Å². The van der Waals surface area contributed by atoms with Crippen molar-refractivity contribution >= 4 is 0 Å². The Labute approximate surface area is 89.6 Å². The van der Waals surface area contributed by atoms with Crippen LogP contribution in [0.25, 0.3) is 0 Å². The zero-order chi connectivity index (χ0) is 12.3. The summed E-state index contributed by atoms with van der Waals surface area (Å²) in [4.78, 5) is 3.67. The van der Waals surface area contributed by atoms with Gasteiger partial charge in [0.2, 0.25) is 5.88 Å². The van der Waals surface area contributed by atoms with E-state index in [2.05, 4.69) is 14.5 Å². The number of hydrogen-bond acceptors (Lipinski definition) is 4. The highest BCUT2D eigenvalue weighted by molar-refractivity contribution is 5.37. The number of ether oxygens (including phenoxy) is 2. The van der Waals surface area contributed by atoms with Gasteiger partial charge < -0.3 is 14.6 Å². The van der Waals surface area contributed by atoms with Crippen LogP contribution >= 0.6 is 0 Å². The third kappa shape index (κ3) is 2.54. The number of aliphatic hydroxyl groups excluding tert-OH is 1. The molecule has 1 heterocycles. The zero-order valence-electron chi connectivity index (χ0n) is 8.58. The average Bonchev–Trinajstić information content (AvgIpc) is 2.25. The van der Waals surface area contributed by atoms with Gasteiger partial charge in [-0.15, -0.1) is 0 Å². The highest BCUT2D eigenvalue weighted by atomic mass is 19.4. The Kier molecular flexibility index (Phi) is 3.58. The SMILES string of the molecule is COc1cc(C(O)C(F)(F)F)c(OC)cn1. The molecule has 4 nitrogen and oxygen atoms in total. The molecule has 1 aromatic heterocycles. The topological polar surface area (TPSA) is 51.6 Å². The van der Waals surface area contributed by atoms with Crippen molar-refractivity contribution in [1.82, 2.24) is 4.98 Å². The maximum Gasteiger partial charge on any atom is 0.418 e. The van der Waals surface area contributed by atoms with E-state index in [0.29, 0.717) is 0 Å². The van der Waals surface area contributed by atoms with Crippen LogP contribution in [0, 0.1) is 0 Å². The van der Waals surface area contributed by atoms with E-state index >= 15 is 0 Å². The lowest BCUT2D eigenvalue weighted by Gasteiger charge is -2.17. The van der Waals surface area contributed by atoms with Gasteiger partial charge in [-0.1, -0.05) is 0 Å². The fourth-order valence-electron chi connectivity index (χ4n) is 1.11. The molecule has 0 aromatic carbocycles. The molecule has 7 heteroatoms. The zero-order valence-corrected chi connectivity index (χ0v) is 8.58. The monoisotopic (exact) mass is 237 g/mol. The van der Waals surface area contributed by atoms with Gasteiger partial charge in [-0.25, -0.2) is 4.98 Å². The first kappa shape index (κ1) is 12.6. The second-order valence-corrected chi connectivity index (χ2v) is 2.91. The van der Waals surface area contributed by atoms with Crippen LogP contribution < -0.4 is 9.47 Å². The van der Waals surface area contributed by atoms with Gasteiger partial charge in [0.25, 0.3) is 0 Å². The van der Waals surface area contributed by atoms with Crippen molar-refractivity contribution in [3.8, 4) is 11.6 Å². The number of nitrogens with zero attached hydrogens (tertiary/aromatic N) is 1. The van der Waals surface area contributed by atoms with E-state index in [0.717, 1.165) is 12.3 Å². The quantitative estimate of drug-likeness (QED) is 0.869. The van der Waals surface area contributed by atoms with Gasteiger partial charge in [-0.3, -0.25) is 0 Å². The molecule has 16 heavy (non-hydrogen) atoms. The van der Waals surface area contributed by atoms with Crippen molar-refractivity contribution in [3.05, 3.63) is 17.8 Å². The van der Waals surface area contributed by atoms with Crippen LogP contribution in [0.5, 0.6) is 11.6 Å². The Morgan fingerprint density at radius 2 is 1.94 bits per heavy atom. The number of aromatic nitrogens is 1. The normalized spacial score (nSPS) is 13.4. The molecule has 0 aliphatic carbocycles. The summed E-state index contributed by atoms with van der Waals surface area (Å²) in [5, 5.41) is 9.10. The molecule has 0 saturated heterocycles. The molecule has 0 bridgehead atoms. The fraction of sp³-hybridized carbons (Fsp3) is 0.444. The minimum atomic E-state index is -4.76. The molecular formula is C9H10F3NO3. The van der Waals surface area contributed by atoms with Gasteiger partial charge in [-0.2, -0.15) is 13.2 Å². The van der Waals surface area contributed by atoms with E-state index in [9.17, 15) is 13.2 Å². The minimum absolute atomic E-state index is 0.0286. The lowest BCUT2D eigenvalue weighted by Crippen LogP contribution is -2.21. The molecule has 1 rings (SSSR count). The number of pyridine rings is 1. The highest BCUT2D eigenvalue weighted by Crippen LogP contribution is 2.37. The van der Waals surface area contributed by atoms with E-state index < -0.39 is 17.8 Å². The van der Waals surface area contributed by atoms with Crippen molar-refractivity contribution in [1.29, 1.82) is 0 Å². The van der Waals surface area contributed by atoms with Crippen molar-refractivity contribution in [3.63, 3.8) is 0 Å². The summed E-state index contributed by atoms with van der Waals surface area (Å²) in [7, 11) is 2.45. The summed E-state index contributed by atoms with van der Waals surface area (Å²) >= 11 is 0. The van der Waals surface area contributed by atoms with Crippen molar-refractivity contribution in [2.75, 3.05) is 14.2 Å². The molecule has 0 fully saturated rings. The average molecular weight is 237 g/mol. The van der Waals surface area contributed by atoms with E-state index in [1.54, 1.807) is 0 Å². The van der Waals surface area contributed by atoms with Gasteiger partial charge in [0.15, 0.2) is 6.10 Å². The van der Waals surface area contributed by atoms with E-state index in [4.69, 9.17) is 5.11 Å². The van der Waals surface area contributed by atoms with Crippen LogP contribution in [-0.4, -0.2) is 30.5 Å². The molecule has 1 aromatic rings. The van der Waals surface area contributed by atoms with Crippen molar-refractivity contribution in [2.24, 2.45) is 0 Å². The van der Waals surface area contributed by atoms with Crippen LogP contribution in [0.4, 0.5) is 13.2 Å². The molecule has 1 unspecified atom stereocenters. The first-order valence-electron chi connectivity index (χ1n) is 4.23. The number of methoxy groups -OCH3 is 2. The van der Waals surface area contributed by atoms with Gasteiger partial charge in [0, 0.05) is 11.6 Å². The lowest BCUT2D eigenvalue weighted by atomic mass is 10.1. The van der Waals surface area contributed by atoms with E-state index in [1.807, 2.05) is 0 Å². The van der Waals surface area contributed by atoms with Crippen LogP contribution in [0.15, 0.2) is 12.3 Å². The predicted molar refractivity (Wildman–Crippen MR) is 48.4 cm³/mol. The van der Waals surface area contributed by atoms with E-state index in [1.165, 1.54) is 14.2 Å². The number of rotatable bonds is 3. The summed E-state index contributed by atoms with van der Waals surface area (Å²) in [6.07, 6.45) is -6.33. The second kappa shape index (κ2) is 4.56. The first-order valence-corrected chi connectivity index (χ1v) is 4.23. The maximum atomic E-state index is 12.3. The lowest BCUT2D eigenvalue weighted by molar-refractivity contribution is -0.207. The van der Waals surface area contributed by atoms with Gasteiger partial charge in [0.05, 0.1) is 20.4 Å². The number of alkyl halides is 3. The molecule has 90 valence electrons. The maximum absolute atomic E-state index is 12.3. The standard InChI is InChI=1S/C9H10F3NO3/c1-15-6-4-13-7(16-2)3-5(6)8(14)9(10,11)12/h3-4,8,14H,1-2H3. The van der Waals surface area contributed by atoms with Gasteiger partial charge in [-0.05, 0) is 0 Å². The summed E-state index contributed by atoms with van der Waals surface area (Å²) in [5.41, 5.74) is -0.429. The van der Waals surface area contributed by atoms with Gasteiger partial charge in [0.1, 0.15) is 5.75 Å². The summed E-state index contributed by atoms with van der Waals surface area (Å²) in [6, 6.07) is 0.983.